The molecular weight excluding hydrogens is 281 g/mol. The monoisotopic (exact) mass is 295 g/mol. The number of nitrogens with two attached hydrogens (primary N) is 1. The maximum atomic E-state index is 13.5. The van der Waals surface area contributed by atoms with Crippen molar-refractivity contribution in [3.05, 3.63) is 54.0 Å². The summed E-state index contributed by atoms with van der Waals surface area (Å²) in [4.78, 5) is 3.57. The zero-order chi connectivity index (χ0) is 14.8. The Morgan fingerprint density at radius 1 is 1.25 bits per heavy atom. The maximum Gasteiger partial charge on any atom is 0.261 e. The number of rotatable bonds is 4. The Labute approximate surface area is 116 Å². The first-order valence-corrected chi connectivity index (χ1v) is 7.37. The lowest BCUT2D eigenvalue weighted by Crippen LogP contribution is -2.28. The van der Waals surface area contributed by atoms with Crippen molar-refractivity contribution in [3.63, 3.8) is 0 Å². The summed E-state index contributed by atoms with van der Waals surface area (Å²) in [7, 11) is -4.02. The second-order valence-electron chi connectivity index (χ2n) is 4.30. The second-order valence-corrected chi connectivity index (χ2v) is 5.93. The molecule has 1 atom stereocenters. The highest BCUT2D eigenvalue weighted by molar-refractivity contribution is 7.89. The lowest BCUT2D eigenvalue weighted by Gasteiger charge is -2.14. The number of sulfonamides is 1. The number of anilines is 1. The maximum absolute atomic E-state index is 13.5. The molecule has 1 unspecified atom stereocenters. The number of hydrogen-bond donors (Lipinski definition) is 2. The van der Waals surface area contributed by atoms with Gasteiger partial charge in [0.25, 0.3) is 10.0 Å². The molecule has 0 aliphatic heterocycles. The summed E-state index contributed by atoms with van der Waals surface area (Å²) in [5.74, 6) is -0.885. The zero-order valence-electron chi connectivity index (χ0n) is 10.7. The molecule has 0 aliphatic carbocycles. The molecule has 0 amide bonds. The Kier molecular flexibility index (Phi) is 4.01. The standard InChI is InChI=1S/C13H14FN3O2S/c1-9(10-4-6-11(15)7-5-10)17-20(18,19)13-12(14)3-2-8-16-13/h2-9,17H,15H2,1H3. The molecule has 5 nitrogen and oxygen atoms in total. The molecule has 106 valence electrons. The van der Waals surface area contributed by atoms with Crippen molar-refractivity contribution in [2.45, 2.75) is 18.0 Å². The molecule has 0 saturated carbocycles. The molecule has 0 radical (unpaired) electrons. The molecule has 1 aromatic carbocycles. The fourth-order valence-corrected chi connectivity index (χ4v) is 2.95. The van der Waals surface area contributed by atoms with Crippen molar-refractivity contribution in [3.8, 4) is 0 Å². The number of nitrogen functional groups attached to an aromatic ring is 1. The third-order valence-corrected chi connectivity index (χ3v) is 4.22. The van der Waals surface area contributed by atoms with Crippen LogP contribution >= 0.6 is 0 Å². The van der Waals surface area contributed by atoms with Crippen molar-refractivity contribution >= 4 is 15.7 Å². The molecule has 0 aliphatic rings. The van der Waals surface area contributed by atoms with Gasteiger partial charge in [0.05, 0.1) is 0 Å². The van der Waals surface area contributed by atoms with E-state index in [-0.39, 0.29) is 0 Å². The van der Waals surface area contributed by atoms with Gasteiger partial charge in [-0.3, -0.25) is 0 Å². The van der Waals surface area contributed by atoms with Gasteiger partial charge in [-0.2, -0.15) is 0 Å². The Hall–Kier alpha value is -1.99. The fraction of sp³-hybridized carbons (Fsp3) is 0.154. The number of pyridine rings is 1. The molecule has 2 rings (SSSR count). The van der Waals surface area contributed by atoms with E-state index in [9.17, 15) is 12.8 Å². The first kappa shape index (κ1) is 14.4. The lowest BCUT2D eigenvalue weighted by atomic mass is 10.1. The first-order valence-electron chi connectivity index (χ1n) is 5.88. The molecule has 0 fully saturated rings. The average Bonchev–Trinajstić information content (AvgIpc) is 2.39. The van der Waals surface area contributed by atoms with Crippen LogP contribution in [0.3, 0.4) is 0 Å². The third kappa shape index (κ3) is 3.12. The summed E-state index contributed by atoms with van der Waals surface area (Å²) < 4.78 is 40.0. The molecule has 0 bridgehead atoms. The van der Waals surface area contributed by atoms with Crippen LogP contribution in [-0.4, -0.2) is 13.4 Å². The minimum Gasteiger partial charge on any atom is -0.399 e. The molecule has 1 heterocycles. The molecule has 2 aromatic rings. The van der Waals surface area contributed by atoms with Crippen molar-refractivity contribution in [2.24, 2.45) is 0 Å². The molecule has 20 heavy (non-hydrogen) atoms. The predicted molar refractivity (Wildman–Crippen MR) is 73.8 cm³/mol. The molecule has 3 N–H and O–H groups in total. The van der Waals surface area contributed by atoms with E-state index in [2.05, 4.69) is 9.71 Å². The van der Waals surface area contributed by atoms with E-state index >= 15 is 0 Å². The van der Waals surface area contributed by atoms with E-state index in [0.717, 1.165) is 11.6 Å². The van der Waals surface area contributed by atoms with E-state index < -0.39 is 26.9 Å². The molecular formula is C13H14FN3O2S. The zero-order valence-corrected chi connectivity index (χ0v) is 11.6. The van der Waals surface area contributed by atoms with E-state index in [1.54, 1.807) is 31.2 Å². The summed E-state index contributed by atoms with van der Waals surface area (Å²) in [5, 5.41) is -0.609. The van der Waals surface area contributed by atoms with Crippen molar-refractivity contribution < 1.29 is 12.8 Å². The minimum atomic E-state index is -4.02. The van der Waals surface area contributed by atoms with Crippen LogP contribution in [0.15, 0.2) is 47.6 Å². The van der Waals surface area contributed by atoms with Gasteiger partial charge in [0.2, 0.25) is 5.03 Å². The van der Waals surface area contributed by atoms with Crippen LogP contribution in [0.1, 0.15) is 18.5 Å². The van der Waals surface area contributed by atoms with Crippen LogP contribution in [0.4, 0.5) is 10.1 Å². The molecule has 7 heteroatoms. The topological polar surface area (TPSA) is 85.1 Å². The van der Waals surface area contributed by atoms with Crippen LogP contribution in [0.25, 0.3) is 0 Å². The summed E-state index contributed by atoms with van der Waals surface area (Å²) in [6.45, 7) is 1.66. The molecule has 0 saturated heterocycles. The average molecular weight is 295 g/mol. The number of benzene rings is 1. The van der Waals surface area contributed by atoms with E-state index in [4.69, 9.17) is 5.73 Å². The van der Waals surface area contributed by atoms with Gasteiger partial charge in [0, 0.05) is 17.9 Å². The van der Waals surface area contributed by atoms with Crippen LogP contribution in [0, 0.1) is 5.82 Å². The minimum absolute atomic E-state index is 0.526. The smallest absolute Gasteiger partial charge is 0.261 e. The Balaban J connectivity index is 2.24. The third-order valence-electron chi connectivity index (χ3n) is 2.75. The van der Waals surface area contributed by atoms with E-state index in [1.807, 2.05) is 0 Å². The Morgan fingerprint density at radius 2 is 1.90 bits per heavy atom. The highest BCUT2D eigenvalue weighted by Crippen LogP contribution is 2.18. The van der Waals surface area contributed by atoms with Crippen molar-refractivity contribution in [1.29, 1.82) is 0 Å². The number of aromatic nitrogens is 1. The first-order chi connectivity index (χ1) is 9.40. The van der Waals surface area contributed by atoms with Gasteiger partial charge in [-0.05, 0) is 36.8 Å². The van der Waals surface area contributed by atoms with Gasteiger partial charge in [-0.25, -0.2) is 22.5 Å². The summed E-state index contributed by atoms with van der Waals surface area (Å²) in [6.07, 6.45) is 1.23. The van der Waals surface area contributed by atoms with Crippen molar-refractivity contribution in [2.75, 3.05) is 5.73 Å². The van der Waals surface area contributed by atoms with Gasteiger partial charge >= 0.3 is 0 Å². The largest absolute Gasteiger partial charge is 0.399 e. The predicted octanol–water partition coefficient (Wildman–Crippen LogP) is 1.84. The van der Waals surface area contributed by atoms with Gasteiger partial charge in [-0.1, -0.05) is 12.1 Å². The summed E-state index contributed by atoms with van der Waals surface area (Å²) >= 11 is 0. The van der Waals surface area contributed by atoms with Crippen LogP contribution in [-0.2, 0) is 10.0 Å². The summed E-state index contributed by atoms with van der Waals surface area (Å²) in [5.41, 5.74) is 6.87. The molecule has 0 spiro atoms. The van der Waals surface area contributed by atoms with E-state index in [1.165, 1.54) is 12.3 Å². The Morgan fingerprint density at radius 3 is 2.50 bits per heavy atom. The van der Waals surface area contributed by atoms with Crippen LogP contribution < -0.4 is 10.5 Å². The number of nitrogens with one attached hydrogen (secondary N) is 1. The lowest BCUT2D eigenvalue weighted by molar-refractivity contribution is 0.536. The van der Waals surface area contributed by atoms with Gasteiger partial charge < -0.3 is 5.73 Å². The van der Waals surface area contributed by atoms with Gasteiger partial charge in [0.1, 0.15) is 0 Å². The number of hydrogen-bond acceptors (Lipinski definition) is 4. The number of halogens is 1. The second kappa shape index (κ2) is 5.56. The fourth-order valence-electron chi connectivity index (χ4n) is 1.71. The number of nitrogens with zero attached hydrogens (tertiary/aromatic N) is 1. The van der Waals surface area contributed by atoms with E-state index in [0.29, 0.717) is 5.69 Å². The quantitative estimate of drug-likeness (QED) is 0.843. The van der Waals surface area contributed by atoms with Gasteiger partial charge in [0.15, 0.2) is 5.82 Å². The Bertz CT molecular complexity index is 702. The summed E-state index contributed by atoms with van der Waals surface area (Å²) in [6, 6.07) is 8.60. The molecule has 1 aromatic heterocycles. The van der Waals surface area contributed by atoms with Crippen LogP contribution in [0.5, 0.6) is 0 Å². The van der Waals surface area contributed by atoms with Crippen LogP contribution in [0.2, 0.25) is 0 Å². The highest BCUT2D eigenvalue weighted by atomic mass is 32.2. The SMILES string of the molecule is CC(NS(=O)(=O)c1ncccc1F)c1ccc(N)cc1. The normalized spacial score (nSPS) is 13.1. The van der Waals surface area contributed by atoms with Crippen molar-refractivity contribution in [1.82, 2.24) is 9.71 Å². The van der Waals surface area contributed by atoms with Gasteiger partial charge in [-0.15, -0.1) is 0 Å². The highest BCUT2D eigenvalue weighted by Gasteiger charge is 2.23.